The van der Waals surface area contributed by atoms with Crippen LogP contribution in [-0.4, -0.2) is 40.2 Å². The van der Waals surface area contributed by atoms with Crippen LogP contribution in [0, 0.1) is 23.2 Å². The molecule has 1 aromatic carbocycles. The van der Waals surface area contributed by atoms with Gasteiger partial charge in [-0.25, -0.2) is 0 Å². The number of benzene rings is 1. The molecule has 0 bridgehead atoms. The first-order valence-electron chi connectivity index (χ1n) is 9.17. The molecule has 1 amide bonds. The molecule has 0 aliphatic carbocycles. The van der Waals surface area contributed by atoms with Gasteiger partial charge in [0.05, 0.1) is 23.2 Å². The molecule has 1 aromatic heterocycles. The van der Waals surface area contributed by atoms with Crippen LogP contribution in [0.15, 0.2) is 30.5 Å². The zero-order valence-electron chi connectivity index (χ0n) is 15.0. The molecule has 0 radical (unpaired) electrons. The summed E-state index contributed by atoms with van der Waals surface area (Å²) in [5.74, 6) is 0.865. The fourth-order valence-corrected chi connectivity index (χ4v) is 4.21. The Balaban J connectivity index is 1.53. The minimum Gasteiger partial charge on any atom is -0.356 e. The Morgan fingerprint density at radius 2 is 2.12 bits per heavy atom. The zero-order valence-corrected chi connectivity index (χ0v) is 15.0. The Morgan fingerprint density at radius 3 is 2.88 bits per heavy atom. The number of fused-ring (bicyclic) bond motifs is 1. The summed E-state index contributed by atoms with van der Waals surface area (Å²) in [6, 6.07) is 9.70. The third kappa shape index (κ3) is 3.23. The standard InChI is InChI=1S/C20H23N5O/c1-24-11-17(19(23-24)16-4-2-14(10-21)3-5-16)12-25-9-7-15-6-8-22-20(26)18(15)13-25/h2-5,11,15,18H,6-9,12-13H2,1H3,(H,22,26)/t15-,18+/m0/s1. The van der Waals surface area contributed by atoms with Crippen molar-refractivity contribution in [2.24, 2.45) is 18.9 Å². The first kappa shape index (κ1) is 16.8. The maximum Gasteiger partial charge on any atom is 0.224 e. The third-order valence-electron chi connectivity index (χ3n) is 5.58. The number of nitriles is 1. The number of nitrogens with one attached hydrogen (secondary N) is 1. The van der Waals surface area contributed by atoms with Gasteiger partial charge in [0.2, 0.25) is 5.91 Å². The van der Waals surface area contributed by atoms with Crippen molar-refractivity contribution in [3.05, 3.63) is 41.6 Å². The lowest BCUT2D eigenvalue weighted by Crippen LogP contribution is -2.51. The lowest BCUT2D eigenvalue weighted by molar-refractivity contribution is -0.131. The average Bonchev–Trinajstić information content (AvgIpc) is 3.02. The van der Waals surface area contributed by atoms with Gasteiger partial charge in [0.25, 0.3) is 0 Å². The van der Waals surface area contributed by atoms with Gasteiger partial charge in [-0.1, -0.05) is 12.1 Å². The van der Waals surface area contributed by atoms with Crippen molar-refractivity contribution in [2.45, 2.75) is 19.4 Å². The van der Waals surface area contributed by atoms with Crippen LogP contribution in [0.4, 0.5) is 0 Å². The van der Waals surface area contributed by atoms with Crippen LogP contribution in [0.25, 0.3) is 11.3 Å². The summed E-state index contributed by atoms with van der Waals surface area (Å²) in [5, 5.41) is 16.6. The Labute approximate surface area is 153 Å². The van der Waals surface area contributed by atoms with Crippen LogP contribution in [0.3, 0.4) is 0 Å². The molecule has 1 N–H and O–H groups in total. The lowest BCUT2D eigenvalue weighted by Gasteiger charge is -2.40. The average molecular weight is 349 g/mol. The van der Waals surface area contributed by atoms with E-state index in [0.717, 1.165) is 55.8 Å². The van der Waals surface area contributed by atoms with Crippen molar-refractivity contribution in [2.75, 3.05) is 19.6 Å². The number of carbonyl (C=O) groups excluding carboxylic acids is 1. The molecule has 2 aromatic rings. The molecule has 4 rings (SSSR count). The summed E-state index contributed by atoms with van der Waals surface area (Å²) in [6.45, 7) is 3.46. The topological polar surface area (TPSA) is 73.9 Å². The van der Waals surface area contributed by atoms with Crippen molar-refractivity contribution >= 4 is 5.91 Å². The fraction of sp³-hybridized carbons (Fsp3) is 0.450. The van der Waals surface area contributed by atoms with E-state index < -0.39 is 0 Å². The second-order valence-corrected chi connectivity index (χ2v) is 7.34. The van der Waals surface area contributed by atoms with E-state index in [1.165, 1.54) is 0 Å². The molecule has 0 unspecified atom stereocenters. The molecular weight excluding hydrogens is 326 g/mol. The smallest absolute Gasteiger partial charge is 0.224 e. The molecule has 26 heavy (non-hydrogen) atoms. The number of amides is 1. The highest BCUT2D eigenvalue weighted by molar-refractivity contribution is 5.80. The van der Waals surface area contributed by atoms with Gasteiger partial charge in [0.15, 0.2) is 0 Å². The molecule has 2 aliphatic heterocycles. The molecule has 3 heterocycles. The van der Waals surface area contributed by atoms with Crippen molar-refractivity contribution < 1.29 is 4.79 Å². The van der Waals surface area contributed by atoms with Gasteiger partial charge in [-0.3, -0.25) is 14.4 Å². The zero-order chi connectivity index (χ0) is 18.1. The quantitative estimate of drug-likeness (QED) is 0.919. The summed E-state index contributed by atoms with van der Waals surface area (Å²) in [5.41, 5.74) is 3.78. The van der Waals surface area contributed by atoms with E-state index in [0.29, 0.717) is 11.5 Å². The van der Waals surface area contributed by atoms with Crippen molar-refractivity contribution in [3.8, 4) is 17.3 Å². The van der Waals surface area contributed by atoms with Gasteiger partial charge in [0.1, 0.15) is 0 Å². The summed E-state index contributed by atoms with van der Waals surface area (Å²) >= 11 is 0. The Bertz CT molecular complexity index is 848. The number of rotatable bonds is 3. The van der Waals surface area contributed by atoms with Crippen molar-refractivity contribution in [1.29, 1.82) is 5.26 Å². The Kier molecular flexibility index (Phi) is 4.48. The Morgan fingerprint density at radius 1 is 1.31 bits per heavy atom. The molecule has 2 saturated heterocycles. The van der Waals surface area contributed by atoms with E-state index in [4.69, 9.17) is 5.26 Å². The van der Waals surface area contributed by atoms with E-state index in [9.17, 15) is 4.79 Å². The second kappa shape index (κ2) is 6.93. The monoisotopic (exact) mass is 349 g/mol. The largest absolute Gasteiger partial charge is 0.356 e. The van der Waals surface area contributed by atoms with Crippen molar-refractivity contribution in [1.82, 2.24) is 20.0 Å². The molecule has 2 aliphatic rings. The van der Waals surface area contributed by atoms with Crippen LogP contribution in [0.2, 0.25) is 0 Å². The number of piperidine rings is 2. The minimum absolute atomic E-state index is 0.118. The van der Waals surface area contributed by atoms with E-state index in [2.05, 4.69) is 27.6 Å². The van der Waals surface area contributed by atoms with Crippen LogP contribution in [-0.2, 0) is 18.4 Å². The molecule has 0 spiro atoms. The molecular formula is C20H23N5O. The Hall–Kier alpha value is -2.65. The highest BCUT2D eigenvalue weighted by atomic mass is 16.2. The number of hydrogen-bond donors (Lipinski definition) is 1. The van der Waals surface area contributed by atoms with Crippen LogP contribution < -0.4 is 5.32 Å². The summed E-state index contributed by atoms with van der Waals surface area (Å²) < 4.78 is 1.84. The second-order valence-electron chi connectivity index (χ2n) is 7.34. The van der Waals surface area contributed by atoms with Gasteiger partial charge in [-0.05, 0) is 37.4 Å². The summed E-state index contributed by atoms with van der Waals surface area (Å²) in [6.07, 6.45) is 4.25. The first-order valence-corrected chi connectivity index (χ1v) is 9.17. The van der Waals surface area contributed by atoms with Gasteiger partial charge in [0, 0.05) is 44.0 Å². The van der Waals surface area contributed by atoms with Crippen LogP contribution in [0.1, 0.15) is 24.0 Å². The molecule has 0 saturated carbocycles. The van der Waals surface area contributed by atoms with E-state index in [-0.39, 0.29) is 11.8 Å². The number of nitrogens with zero attached hydrogens (tertiary/aromatic N) is 4. The summed E-state index contributed by atoms with van der Waals surface area (Å²) in [4.78, 5) is 14.6. The number of aryl methyl sites for hydroxylation is 1. The molecule has 2 atom stereocenters. The lowest BCUT2D eigenvalue weighted by atomic mass is 9.80. The fourth-order valence-electron chi connectivity index (χ4n) is 4.21. The first-order chi connectivity index (χ1) is 12.6. The molecule has 6 nitrogen and oxygen atoms in total. The normalized spacial score (nSPS) is 23.2. The number of carbonyl (C=O) groups is 1. The maximum absolute atomic E-state index is 12.2. The van der Waals surface area contributed by atoms with Gasteiger partial charge >= 0.3 is 0 Å². The predicted octanol–water partition coefficient (Wildman–Crippen LogP) is 1.92. The number of aromatic nitrogens is 2. The highest BCUT2D eigenvalue weighted by Crippen LogP contribution is 2.31. The van der Waals surface area contributed by atoms with Crippen molar-refractivity contribution in [3.63, 3.8) is 0 Å². The minimum atomic E-state index is 0.118. The highest BCUT2D eigenvalue weighted by Gasteiger charge is 2.36. The van der Waals surface area contributed by atoms with E-state index in [1.54, 1.807) is 0 Å². The predicted molar refractivity (Wildman–Crippen MR) is 97.9 cm³/mol. The van der Waals surface area contributed by atoms with Gasteiger partial charge < -0.3 is 5.32 Å². The third-order valence-corrected chi connectivity index (χ3v) is 5.58. The number of hydrogen-bond acceptors (Lipinski definition) is 4. The SMILES string of the molecule is Cn1cc(CN2CC[C@@H]3CCNC(=O)[C@@H]3C2)c(-c2ccc(C#N)cc2)n1. The van der Waals surface area contributed by atoms with Gasteiger partial charge in [-0.2, -0.15) is 10.4 Å². The molecule has 134 valence electrons. The number of likely N-dealkylation sites (tertiary alicyclic amines) is 1. The van der Waals surface area contributed by atoms with E-state index >= 15 is 0 Å². The van der Waals surface area contributed by atoms with Gasteiger partial charge in [-0.15, -0.1) is 0 Å². The van der Waals surface area contributed by atoms with Crippen LogP contribution in [0.5, 0.6) is 0 Å². The van der Waals surface area contributed by atoms with E-state index in [1.807, 2.05) is 36.0 Å². The van der Waals surface area contributed by atoms with Crippen LogP contribution >= 0.6 is 0 Å². The molecule has 2 fully saturated rings. The molecule has 6 heteroatoms. The summed E-state index contributed by atoms with van der Waals surface area (Å²) in [7, 11) is 1.93. The maximum atomic E-state index is 12.2.